The van der Waals surface area contributed by atoms with Gasteiger partial charge in [0.15, 0.2) is 5.13 Å². The summed E-state index contributed by atoms with van der Waals surface area (Å²) < 4.78 is 27.3. The molecule has 0 saturated heterocycles. The number of hydrogen-bond acceptors (Lipinski definition) is 7. The van der Waals surface area contributed by atoms with Crippen LogP contribution in [0.2, 0.25) is 0 Å². The number of anilines is 3. The average molecular weight is 489 g/mol. The number of carbonyl (C=O) groups is 2. The second kappa shape index (κ2) is 8.73. The van der Waals surface area contributed by atoms with Gasteiger partial charge in [-0.05, 0) is 42.3 Å². The van der Waals surface area contributed by atoms with E-state index >= 15 is 0 Å². The molecule has 11 heteroatoms. The van der Waals surface area contributed by atoms with Crippen LogP contribution in [0.4, 0.5) is 16.5 Å². The lowest BCUT2D eigenvalue weighted by molar-refractivity contribution is -0.120. The van der Waals surface area contributed by atoms with Gasteiger partial charge in [-0.25, -0.2) is 18.3 Å². The number of halogens is 1. The van der Waals surface area contributed by atoms with Crippen molar-refractivity contribution in [2.75, 3.05) is 14.9 Å². The second-order valence-electron chi connectivity index (χ2n) is 6.71. The van der Waals surface area contributed by atoms with Crippen LogP contribution < -0.4 is 14.9 Å². The maximum Gasteiger partial charge on any atom is 0.283 e. The average Bonchev–Trinajstić information content (AvgIpc) is 3.36. The van der Waals surface area contributed by atoms with Gasteiger partial charge in [0.2, 0.25) is 0 Å². The van der Waals surface area contributed by atoms with Gasteiger partial charge in [0.25, 0.3) is 21.8 Å². The number of aromatic nitrogens is 1. The van der Waals surface area contributed by atoms with E-state index in [1.807, 2.05) is 19.1 Å². The second-order valence-corrected chi connectivity index (χ2v) is 9.66. The molecule has 0 atom stereocenters. The number of amides is 2. The Bertz CT molecular complexity index is 1320. The minimum atomic E-state index is -3.81. The largest absolute Gasteiger partial charge is 0.350 e. The molecule has 4 rings (SSSR count). The zero-order valence-corrected chi connectivity index (χ0v) is 19.1. The number of nitrogens with zero attached hydrogens (tertiary/aromatic N) is 2. The first-order valence-electron chi connectivity index (χ1n) is 9.47. The van der Waals surface area contributed by atoms with Gasteiger partial charge < -0.3 is 5.32 Å². The Morgan fingerprint density at radius 1 is 1.06 bits per heavy atom. The fourth-order valence-electron chi connectivity index (χ4n) is 3.17. The van der Waals surface area contributed by atoms with Crippen LogP contribution in [-0.2, 0) is 26.0 Å². The van der Waals surface area contributed by atoms with Crippen LogP contribution in [0.3, 0.4) is 0 Å². The van der Waals surface area contributed by atoms with Gasteiger partial charge in [-0.3, -0.25) is 14.3 Å². The number of hydrogen-bond donors (Lipinski definition) is 2. The molecular weight excluding hydrogens is 472 g/mol. The highest BCUT2D eigenvalue weighted by molar-refractivity contribution is 7.93. The predicted octanol–water partition coefficient (Wildman–Crippen LogP) is 3.94. The molecule has 1 aliphatic heterocycles. The quantitative estimate of drug-likeness (QED) is 0.487. The Hall–Kier alpha value is -3.21. The van der Waals surface area contributed by atoms with Gasteiger partial charge in [-0.2, -0.15) is 0 Å². The summed E-state index contributed by atoms with van der Waals surface area (Å²) in [5, 5.41) is 4.52. The highest BCUT2D eigenvalue weighted by atomic mass is 35.5. The number of nitrogens with one attached hydrogen (secondary N) is 2. The SMILES string of the molecule is CCc1ccccc1N1C(=O)C(Cl)=C(Nc2ccc(S(=O)(=O)Nc3nccs3)cc2)C1=O. The van der Waals surface area contributed by atoms with Crippen LogP contribution in [0, 0.1) is 0 Å². The van der Waals surface area contributed by atoms with Crippen LogP contribution in [0.15, 0.2) is 75.7 Å². The molecular formula is C21H17ClN4O4S2. The van der Waals surface area contributed by atoms with Crippen LogP contribution in [0.5, 0.6) is 0 Å². The van der Waals surface area contributed by atoms with Crippen molar-refractivity contribution in [3.05, 3.63) is 76.4 Å². The molecule has 0 spiro atoms. The number of benzene rings is 2. The number of rotatable bonds is 7. The highest BCUT2D eigenvalue weighted by Gasteiger charge is 2.39. The summed E-state index contributed by atoms with van der Waals surface area (Å²) in [5.74, 6) is -1.20. The first kappa shape index (κ1) is 22.0. The molecule has 1 aliphatic rings. The molecule has 0 bridgehead atoms. The van der Waals surface area contributed by atoms with E-state index in [9.17, 15) is 18.0 Å². The molecule has 164 valence electrons. The summed E-state index contributed by atoms with van der Waals surface area (Å²) >= 11 is 7.35. The normalized spacial score (nSPS) is 14.2. The van der Waals surface area contributed by atoms with Crippen molar-refractivity contribution in [3.8, 4) is 0 Å². The summed E-state index contributed by atoms with van der Waals surface area (Å²) in [7, 11) is -3.81. The molecule has 0 fully saturated rings. The molecule has 2 N–H and O–H groups in total. The van der Waals surface area contributed by atoms with Gasteiger partial charge in [0.05, 0.1) is 10.6 Å². The molecule has 32 heavy (non-hydrogen) atoms. The van der Waals surface area contributed by atoms with E-state index in [1.165, 1.54) is 30.5 Å². The van der Waals surface area contributed by atoms with Crippen molar-refractivity contribution in [2.24, 2.45) is 0 Å². The molecule has 0 radical (unpaired) electrons. The third kappa shape index (κ3) is 4.12. The van der Waals surface area contributed by atoms with Crippen LogP contribution in [-0.4, -0.2) is 25.2 Å². The monoisotopic (exact) mass is 488 g/mol. The number of para-hydroxylation sites is 1. The zero-order chi connectivity index (χ0) is 22.9. The minimum Gasteiger partial charge on any atom is -0.350 e. The lowest BCUT2D eigenvalue weighted by atomic mass is 10.1. The number of sulfonamides is 1. The zero-order valence-electron chi connectivity index (χ0n) is 16.7. The van der Waals surface area contributed by atoms with E-state index in [4.69, 9.17) is 11.6 Å². The van der Waals surface area contributed by atoms with E-state index in [0.717, 1.165) is 21.8 Å². The predicted molar refractivity (Wildman–Crippen MR) is 124 cm³/mol. The number of aryl methyl sites for hydroxylation is 1. The molecule has 2 amide bonds. The molecule has 8 nitrogen and oxygen atoms in total. The Labute approximate surface area is 193 Å². The van der Waals surface area contributed by atoms with Gasteiger partial charge in [-0.15, -0.1) is 11.3 Å². The van der Waals surface area contributed by atoms with Crippen LogP contribution >= 0.6 is 22.9 Å². The van der Waals surface area contributed by atoms with Gasteiger partial charge >= 0.3 is 0 Å². The highest BCUT2D eigenvalue weighted by Crippen LogP contribution is 2.32. The number of thiazole rings is 1. The molecule has 3 aromatic rings. The van der Waals surface area contributed by atoms with Gasteiger partial charge in [0.1, 0.15) is 10.7 Å². The van der Waals surface area contributed by atoms with E-state index in [1.54, 1.807) is 17.5 Å². The maximum absolute atomic E-state index is 13.0. The van der Waals surface area contributed by atoms with E-state index in [-0.39, 0.29) is 20.8 Å². The number of imide groups is 1. The standard InChI is InChI=1S/C21H17ClN4O4S2/c1-2-13-5-3-4-6-16(13)26-19(27)17(22)18(20(26)28)24-14-7-9-15(10-8-14)32(29,30)25-21-23-11-12-31-21/h3-12,24H,2H2,1H3,(H,23,25). The number of carbonyl (C=O) groups excluding carboxylic acids is 2. The summed E-state index contributed by atoms with van der Waals surface area (Å²) in [4.78, 5) is 30.7. The Balaban J connectivity index is 1.55. The molecule has 2 aromatic carbocycles. The van der Waals surface area contributed by atoms with Gasteiger partial charge in [-0.1, -0.05) is 36.7 Å². The van der Waals surface area contributed by atoms with Crippen molar-refractivity contribution in [2.45, 2.75) is 18.2 Å². The Kier molecular flexibility index (Phi) is 6.00. The molecule has 0 unspecified atom stereocenters. The van der Waals surface area contributed by atoms with E-state index < -0.39 is 21.8 Å². The van der Waals surface area contributed by atoms with Gasteiger partial charge in [0, 0.05) is 17.3 Å². The van der Waals surface area contributed by atoms with Crippen molar-refractivity contribution < 1.29 is 18.0 Å². The van der Waals surface area contributed by atoms with E-state index in [2.05, 4.69) is 15.0 Å². The molecule has 0 saturated carbocycles. The molecule has 0 aliphatic carbocycles. The lowest BCUT2D eigenvalue weighted by Gasteiger charge is -2.18. The van der Waals surface area contributed by atoms with Crippen molar-refractivity contribution in [3.63, 3.8) is 0 Å². The summed E-state index contributed by atoms with van der Waals surface area (Å²) in [6.45, 7) is 1.93. The molecule has 1 aromatic heterocycles. The Morgan fingerprint density at radius 2 is 1.78 bits per heavy atom. The van der Waals surface area contributed by atoms with Crippen LogP contribution in [0.1, 0.15) is 12.5 Å². The third-order valence-corrected chi connectivity index (χ3v) is 7.25. The topological polar surface area (TPSA) is 108 Å². The minimum absolute atomic E-state index is 0.0191. The molecule has 2 heterocycles. The smallest absolute Gasteiger partial charge is 0.283 e. The first-order valence-corrected chi connectivity index (χ1v) is 12.2. The fraction of sp³-hybridized carbons (Fsp3) is 0.0952. The third-order valence-electron chi connectivity index (χ3n) is 4.73. The Morgan fingerprint density at radius 3 is 2.44 bits per heavy atom. The lowest BCUT2D eigenvalue weighted by Crippen LogP contribution is -2.33. The van der Waals surface area contributed by atoms with E-state index in [0.29, 0.717) is 17.8 Å². The van der Waals surface area contributed by atoms with Crippen molar-refractivity contribution >= 4 is 61.3 Å². The summed E-state index contributed by atoms with van der Waals surface area (Å²) in [5.41, 5.74) is 1.65. The fourth-order valence-corrected chi connectivity index (χ4v) is 5.17. The maximum atomic E-state index is 13.0. The summed E-state index contributed by atoms with van der Waals surface area (Å²) in [6, 6.07) is 12.8. The first-order chi connectivity index (χ1) is 15.3. The van der Waals surface area contributed by atoms with Crippen molar-refractivity contribution in [1.29, 1.82) is 0 Å². The summed E-state index contributed by atoms with van der Waals surface area (Å²) in [6.07, 6.45) is 2.13. The van der Waals surface area contributed by atoms with Crippen LogP contribution in [0.25, 0.3) is 0 Å². The van der Waals surface area contributed by atoms with Crippen molar-refractivity contribution in [1.82, 2.24) is 4.98 Å².